The van der Waals surface area contributed by atoms with E-state index in [2.05, 4.69) is 21.4 Å². The molecule has 0 saturated carbocycles. The van der Waals surface area contributed by atoms with Gasteiger partial charge in [-0.3, -0.25) is 0 Å². The molecule has 3 aromatic rings. The van der Waals surface area contributed by atoms with Crippen LogP contribution < -0.4 is 9.62 Å². The van der Waals surface area contributed by atoms with Crippen molar-refractivity contribution >= 4 is 50.2 Å². The van der Waals surface area contributed by atoms with Crippen molar-refractivity contribution in [3.63, 3.8) is 0 Å². The number of fused-ring (bicyclic) bond motifs is 1. The fourth-order valence-electron chi connectivity index (χ4n) is 5.50. The van der Waals surface area contributed by atoms with Crippen molar-refractivity contribution in [3.05, 3.63) is 45.7 Å². The van der Waals surface area contributed by atoms with E-state index in [1.165, 1.54) is 12.7 Å². The van der Waals surface area contributed by atoms with Crippen LogP contribution in [0.15, 0.2) is 24.4 Å². The van der Waals surface area contributed by atoms with E-state index >= 15 is 0 Å². The summed E-state index contributed by atoms with van der Waals surface area (Å²) in [5.74, 6) is 2.07. The number of aryl methyl sites for hydroxylation is 1. The molecule has 1 N–H and O–H groups in total. The van der Waals surface area contributed by atoms with Gasteiger partial charge in [-0.15, -0.1) is 0 Å². The Balaban J connectivity index is 1.26. The molecule has 200 valence electrons. The molecule has 0 amide bonds. The fourth-order valence-corrected chi connectivity index (χ4v) is 6.53. The van der Waals surface area contributed by atoms with Crippen molar-refractivity contribution in [2.75, 3.05) is 50.4 Å². The maximum Gasteiger partial charge on any atom is 0.208 e. The minimum absolute atomic E-state index is 0.125. The third-order valence-corrected chi connectivity index (χ3v) is 8.86. The summed E-state index contributed by atoms with van der Waals surface area (Å²) in [6.07, 6.45) is 5.42. The molecule has 9 nitrogen and oxygen atoms in total. The number of halogens is 2. The maximum atomic E-state index is 11.4. The first kappa shape index (κ1) is 26.6. The Morgan fingerprint density at radius 2 is 1.97 bits per heavy atom. The van der Waals surface area contributed by atoms with Crippen LogP contribution in [0.4, 0.5) is 5.82 Å². The number of piperidine rings is 1. The SMILES string of the molecule is Cc1nn(C(C)c2ccc(Cl)cc2Cl)c2nc(N3CC([C@H]4CCCN(CCNS(C)(=O)=O)C4)C3)cnc12. The molecule has 2 fully saturated rings. The molecular weight excluding hydrogens is 533 g/mol. The van der Waals surface area contributed by atoms with Gasteiger partial charge < -0.3 is 9.80 Å². The van der Waals surface area contributed by atoms with Gasteiger partial charge in [-0.1, -0.05) is 29.3 Å². The van der Waals surface area contributed by atoms with Crippen LogP contribution in [0.5, 0.6) is 0 Å². The highest BCUT2D eigenvalue weighted by atomic mass is 35.5. The summed E-state index contributed by atoms with van der Waals surface area (Å²) >= 11 is 12.6. The molecule has 1 aromatic carbocycles. The number of hydrogen-bond donors (Lipinski definition) is 1. The number of anilines is 1. The average molecular weight is 567 g/mol. The van der Waals surface area contributed by atoms with Crippen molar-refractivity contribution in [3.8, 4) is 0 Å². The average Bonchev–Trinajstić information content (AvgIpc) is 3.13. The van der Waals surface area contributed by atoms with E-state index in [4.69, 9.17) is 38.3 Å². The standard InChI is InChI=1S/C25H33Cl2N7O2S/c1-16-24-25(34(31-16)17(2)21-7-6-20(26)11-22(21)27)30-23(12-28-24)33-14-19(15-33)18-5-4-9-32(13-18)10-8-29-37(3,35)36/h6-7,11-12,17-19,29H,4-5,8-10,13-15H2,1-3H3/t17?,18-/m0/s1. The molecule has 0 aliphatic carbocycles. The first-order valence-corrected chi connectivity index (χ1v) is 15.3. The topological polar surface area (TPSA) is 96.3 Å². The predicted molar refractivity (Wildman–Crippen MR) is 148 cm³/mol. The number of aromatic nitrogens is 4. The molecule has 12 heteroatoms. The fraction of sp³-hybridized carbons (Fsp3) is 0.560. The smallest absolute Gasteiger partial charge is 0.208 e. The van der Waals surface area contributed by atoms with Crippen molar-refractivity contribution in [1.82, 2.24) is 29.4 Å². The Bertz CT molecular complexity index is 1390. The molecule has 2 aliphatic rings. The molecule has 2 saturated heterocycles. The van der Waals surface area contributed by atoms with Crippen LogP contribution in [0, 0.1) is 18.8 Å². The molecule has 0 spiro atoms. The normalized spacial score (nSPS) is 20.4. The molecule has 2 aliphatic heterocycles. The number of hydrogen-bond acceptors (Lipinski definition) is 7. The summed E-state index contributed by atoms with van der Waals surface area (Å²) in [5.41, 5.74) is 3.31. The van der Waals surface area contributed by atoms with Crippen molar-refractivity contribution in [1.29, 1.82) is 0 Å². The molecule has 4 heterocycles. The van der Waals surface area contributed by atoms with Crippen LogP contribution in [0.1, 0.15) is 37.1 Å². The van der Waals surface area contributed by atoms with Gasteiger partial charge >= 0.3 is 0 Å². The summed E-state index contributed by atoms with van der Waals surface area (Å²) in [5, 5.41) is 5.95. The Morgan fingerprint density at radius 3 is 2.70 bits per heavy atom. The van der Waals surface area contributed by atoms with Crippen LogP contribution in [0.25, 0.3) is 11.2 Å². The van der Waals surface area contributed by atoms with Gasteiger partial charge in [0.15, 0.2) is 5.65 Å². The van der Waals surface area contributed by atoms with Crippen LogP contribution in [-0.4, -0.2) is 78.6 Å². The lowest BCUT2D eigenvalue weighted by Gasteiger charge is -2.47. The van der Waals surface area contributed by atoms with Crippen molar-refractivity contribution in [2.45, 2.75) is 32.7 Å². The summed E-state index contributed by atoms with van der Waals surface area (Å²) in [6.45, 7) is 9.15. The Morgan fingerprint density at radius 1 is 1.19 bits per heavy atom. The third-order valence-electron chi connectivity index (χ3n) is 7.57. The van der Waals surface area contributed by atoms with Gasteiger partial charge in [0.05, 0.1) is 24.2 Å². The lowest BCUT2D eigenvalue weighted by Crippen LogP contribution is -2.54. The lowest BCUT2D eigenvalue weighted by atomic mass is 9.80. The van der Waals surface area contributed by atoms with E-state index in [1.54, 1.807) is 6.07 Å². The maximum absolute atomic E-state index is 11.4. The largest absolute Gasteiger partial charge is 0.355 e. The molecule has 37 heavy (non-hydrogen) atoms. The van der Waals surface area contributed by atoms with Gasteiger partial charge in [-0.25, -0.2) is 27.8 Å². The number of nitrogens with one attached hydrogen (secondary N) is 1. The predicted octanol–water partition coefficient (Wildman–Crippen LogP) is 3.75. The monoisotopic (exact) mass is 565 g/mol. The number of rotatable bonds is 8. The molecule has 0 bridgehead atoms. The van der Waals surface area contributed by atoms with Crippen LogP contribution in [0.3, 0.4) is 0 Å². The number of nitrogens with zero attached hydrogens (tertiary/aromatic N) is 6. The molecule has 5 rings (SSSR count). The van der Waals surface area contributed by atoms with Gasteiger partial charge in [0.1, 0.15) is 11.3 Å². The van der Waals surface area contributed by atoms with E-state index in [0.717, 1.165) is 67.4 Å². The van der Waals surface area contributed by atoms with Crippen LogP contribution >= 0.6 is 23.2 Å². The Hall–Kier alpha value is -1.98. The minimum Gasteiger partial charge on any atom is -0.355 e. The van der Waals surface area contributed by atoms with Crippen LogP contribution in [-0.2, 0) is 10.0 Å². The zero-order valence-corrected chi connectivity index (χ0v) is 23.7. The Labute approximate surface area is 228 Å². The highest BCUT2D eigenvalue weighted by molar-refractivity contribution is 7.88. The van der Waals surface area contributed by atoms with E-state index < -0.39 is 10.0 Å². The van der Waals surface area contributed by atoms with Gasteiger partial charge in [-0.05, 0) is 62.8 Å². The second-order valence-electron chi connectivity index (χ2n) is 10.3. The van der Waals surface area contributed by atoms with E-state index in [0.29, 0.717) is 28.4 Å². The second-order valence-corrected chi connectivity index (χ2v) is 13.0. The molecule has 1 unspecified atom stereocenters. The highest BCUT2D eigenvalue weighted by Crippen LogP contribution is 2.35. The zero-order chi connectivity index (χ0) is 26.3. The third kappa shape index (κ3) is 5.88. The van der Waals surface area contributed by atoms with Crippen molar-refractivity contribution in [2.24, 2.45) is 11.8 Å². The number of sulfonamides is 1. The first-order valence-electron chi connectivity index (χ1n) is 12.7. The summed E-state index contributed by atoms with van der Waals surface area (Å²) in [7, 11) is -3.14. The summed E-state index contributed by atoms with van der Waals surface area (Å²) < 4.78 is 27.2. The second kappa shape index (κ2) is 10.6. The van der Waals surface area contributed by atoms with Gasteiger partial charge in [-0.2, -0.15) is 5.10 Å². The number of benzene rings is 1. The highest BCUT2D eigenvalue weighted by Gasteiger charge is 2.36. The van der Waals surface area contributed by atoms with Crippen LogP contribution in [0.2, 0.25) is 10.0 Å². The van der Waals surface area contributed by atoms with Gasteiger partial charge in [0.2, 0.25) is 10.0 Å². The van der Waals surface area contributed by atoms with Gasteiger partial charge in [0.25, 0.3) is 0 Å². The molecule has 2 atom stereocenters. The van der Waals surface area contributed by atoms with Crippen molar-refractivity contribution < 1.29 is 8.42 Å². The molecule has 2 aromatic heterocycles. The Kier molecular flexibility index (Phi) is 7.66. The quantitative estimate of drug-likeness (QED) is 0.444. The molecule has 0 radical (unpaired) electrons. The summed E-state index contributed by atoms with van der Waals surface area (Å²) in [6, 6.07) is 5.39. The van der Waals surface area contributed by atoms with E-state index in [-0.39, 0.29) is 6.04 Å². The first-order chi connectivity index (χ1) is 17.6. The zero-order valence-electron chi connectivity index (χ0n) is 21.4. The summed E-state index contributed by atoms with van der Waals surface area (Å²) in [4.78, 5) is 14.4. The van der Waals surface area contributed by atoms with E-state index in [9.17, 15) is 8.42 Å². The van der Waals surface area contributed by atoms with Gasteiger partial charge in [0, 0.05) is 42.8 Å². The lowest BCUT2D eigenvalue weighted by molar-refractivity contribution is 0.121. The van der Waals surface area contributed by atoms with E-state index in [1.807, 2.05) is 29.9 Å². The minimum atomic E-state index is -3.14. The number of likely N-dealkylation sites (tertiary alicyclic amines) is 1. The molecular formula is C25H33Cl2N7O2S.